The van der Waals surface area contributed by atoms with Crippen LogP contribution in [0.15, 0.2) is 41.9 Å². The number of hydrogen-bond acceptors (Lipinski definition) is 11. The fraction of sp³-hybridized carbons (Fsp3) is 0.565. The Hall–Kier alpha value is -4.70. The van der Waals surface area contributed by atoms with Crippen LogP contribution >= 0.6 is 11.3 Å². The number of hydrogen-bond donors (Lipinski definition) is 2. The number of carbonyl (C=O) groups excluding carboxylic acids is 4. The molecule has 2 aliphatic rings. The lowest BCUT2D eigenvalue weighted by Gasteiger charge is -2.35. The van der Waals surface area contributed by atoms with E-state index in [9.17, 15) is 19.2 Å². The van der Waals surface area contributed by atoms with Crippen molar-refractivity contribution in [2.45, 2.75) is 111 Å². The molecule has 1 aromatic carbocycles. The zero-order valence-electron chi connectivity index (χ0n) is 37.2. The minimum absolute atomic E-state index is 0.0546. The summed E-state index contributed by atoms with van der Waals surface area (Å²) < 4.78 is 19.2. The summed E-state index contributed by atoms with van der Waals surface area (Å²) in [6.45, 7) is 17.3. The molecule has 0 spiro atoms. The first kappa shape index (κ1) is 45.8. The predicted octanol–water partition coefficient (Wildman–Crippen LogP) is 6.36. The Morgan fingerprint density at radius 2 is 1.97 bits per heavy atom. The van der Waals surface area contributed by atoms with Gasteiger partial charge in [0.15, 0.2) is 0 Å². The molecule has 0 bridgehead atoms. The number of thiazole rings is 1. The van der Waals surface area contributed by atoms with E-state index in [0.717, 1.165) is 63.9 Å². The van der Waals surface area contributed by atoms with E-state index in [1.165, 1.54) is 16.2 Å². The maximum Gasteiger partial charge on any atom is 0.293 e. The van der Waals surface area contributed by atoms with E-state index in [1.54, 1.807) is 25.4 Å². The van der Waals surface area contributed by atoms with Crippen molar-refractivity contribution in [3.8, 4) is 22.5 Å². The van der Waals surface area contributed by atoms with E-state index in [1.807, 2.05) is 39.1 Å². The van der Waals surface area contributed by atoms with Crippen LogP contribution in [0.25, 0.3) is 33.4 Å². The number of benzene rings is 1. The highest BCUT2D eigenvalue weighted by Gasteiger charge is 2.40. The van der Waals surface area contributed by atoms with E-state index in [0.29, 0.717) is 44.1 Å². The van der Waals surface area contributed by atoms with E-state index >= 15 is 0 Å². The van der Waals surface area contributed by atoms with Crippen LogP contribution in [0, 0.1) is 17.3 Å². The average Bonchev–Trinajstić information content (AvgIpc) is 3.99. The standard InChI is InChI=1S/C46H63N7O7S/c1-10-52-37-16-15-31(22-33(37)34(24-46(6,7)26-59-27-54)41(52)32-14-13-18-47-39(32)30(5)58-9)36-25-61-38(49-36)23-35(44(56)53-20-12-11-19-48-53)50-43(55)40(28(2)3)51(8)45(57)42-29(4)17-21-60-42/h13-16,18,22,25,27-30,35,40,42,48H,10-12,17,19-21,23-24,26H2,1-9H3,(H,50,55). The molecule has 2 saturated heterocycles. The van der Waals surface area contributed by atoms with Gasteiger partial charge in [0.25, 0.3) is 18.3 Å². The minimum Gasteiger partial charge on any atom is -0.467 e. The highest BCUT2D eigenvalue weighted by molar-refractivity contribution is 7.10. The molecule has 0 radical (unpaired) electrons. The number of fused-ring (bicyclic) bond motifs is 1. The zero-order chi connectivity index (χ0) is 44.0. The number of aryl methyl sites for hydroxylation is 1. The normalized spacial score (nSPS) is 18.6. The number of carbonyl (C=O) groups is 4. The first-order valence-electron chi connectivity index (χ1n) is 21.6. The molecular formula is C46H63N7O7S. The van der Waals surface area contributed by atoms with Crippen LogP contribution in [0.2, 0.25) is 0 Å². The molecule has 2 N–H and O–H groups in total. The lowest BCUT2D eigenvalue weighted by atomic mass is 9.84. The second-order valence-corrected chi connectivity index (χ2v) is 18.5. The van der Waals surface area contributed by atoms with E-state index in [4.69, 9.17) is 24.2 Å². The van der Waals surface area contributed by atoms with Crippen LogP contribution in [-0.4, -0.2) is 107 Å². The molecule has 4 aromatic rings. The van der Waals surface area contributed by atoms with Gasteiger partial charge >= 0.3 is 0 Å². The van der Waals surface area contributed by atoms with Crippen LogP contribution in [0.4, 0.5) is 0 Å². The van der Waals surface area contributed by atoms with Crippen molar-refractivity contribution in [2.75, 3.05) is 40.5 Å². The molecule has 0 aliphatic carbocycles. The first-order valence-corrected chi connectivity index (χ1v) is 22.4. The number of rotatable bonds is 18. The third-order valence-electron chi connectivity index (χ3n) is 12.0. The van der Waals surface area contributed by atoms with Gasteiger partial charge in [-0.2, -0.15) is 0 Å². The van der Waals surface area contributed by atoms with Crippen LogP contribution in [0.1, 0.15) is 90.1 Å². The van der Waals surface area contributed by atoms with Crippen LogP contribution in [0.3, 0.4) is 0 Å². The SMILES string of the molecule is CCn1c(-c2cccnc2C(C)OC)c(CC(C)(C)COC=O)c2cc(-c3csc(CC(NC(=O)C(C(C)C)N(C)C(=O)C4OCCC4C)C(=O)N4CCCCN4)n3)ccc21. The highest BCUT2D eigenvalue weighted by atomic mass is 32.1. The van der Waals surface area contributed by atoms with Crippen LogP contribution < -0.4 is 10.7 Å². The van der Waals surface area contributed by atoms with Gasteiger partial charge in [-0.25, -0.2) is 10.4 Å². The molecule has 5 heterocycles. The van der Waals surface area contributed by atoms with Crippen molar-refractivity contribution in [1.29, 1.82) is 0 Å². The number of hydrazine groups is 1. The summed E-state index contributed by atoms with van der Waals surface area (Å²) in [5, 5.41) is 8.39. The number of ether oxygens (including phenoxy) is 3. The summed E-state index contributed by atoms with van der Waals surface area (Å²) in [5.41, 5.74) is 9.48. The zero-order valence-corrected chi connectivity index (χ0v) is 38.0. The topological polar surface area (TPSA) is 157 Å². The van der Waals surface area contributed by atoms with Gasteiger partial charge in [0.2, 0.25) is 5.91 Å². The van der Waals surface area contributed by atoms with Gasteiger partial charge in [0.05, 0.1) is 34.8 Å². The Balaban J connectivity index is 1.35. The van der Waals surface area contributed by atoms with Crippen LogP contribution in [0.5, 0.6) is 0 Å². The Kier molecular flexibility index (Phi) is 15.0. The summed E-state index contributed by atoms with van der Waals surface area (Å²) in [7, 11) is 3.33. The van der Waals surface area contributed by atoms with Crippen LogP contribution in [-0.2, 0) is 52.8 Å². The van der Waals surface area contributed by atoms with Gasteiger partial charge in [-0.3, -0.25) is 29.2 Å². The number of pyridine rings is 1. The van der Waals surface area contributed by atoms with Gasteiger partial charge in [-0.05, 0) is 81.2 Å². The van der Waals surface area contributed by atoms with Gasteiger partial charge in [-0.15, -0.1) is 11.3 Å². The summed E-state index contributed by atoms with van der Waals surface area (Å²) in [6, 6.07) is 8.67. The highest BCUT2D eigenvalue weighted by Crippen LogP contribution is 2.42. The van der Waals surface area contributed by atoms with Crippen molar-refractivity contribution in [2.24, 2.45) is 17.3 Å². The molecular weight excluding hydrogens is 795 g/mol. The maximum atomic E-state index is 14.2. The third-order valence-corrected chi connectivity index (χ3v) is 12.9. The van der Waals surface area contributed by atoms with Gasteiger partial charge in [0, 0.05) is 85.8 Å². The second-order valence-electron chi connectivity index (χ2n) is 17.6. The Labute approximate surface area is 363 Å². The fourth-order valence-corrected chi connectivity index (χ4v) is 9.60. The van der Waals surface area contributed by atoms with E-state index in [2.05, 4.69) is 60.3 Å². The smallest absolute Gasteiger partial charge is 0.293 e. The Morgan fingerprint density at radius 3 is 2.62 bits per heavy atom. The number of nitrogens with zero attached hydrogens (tertiary/aromatic N) is 5. The minimum atomic E-state index is -0.919. The molecule has 2 aliphatic heterocycles. The summed E-state index contributed by atoms with van der Waals surface area (Å²) in [5.74, 6) is -1.03. The largest absolute Gasteiger partial charge is 0.467 e. The second kappa shape index (κ2) is 20.0. The van der Waals surface area contributed by atoms with E-state index in [-0.39, 0.29) is 42.8 Å². The number of aromatic nitrogens is 3. The lowest BCUT2D eigenvalue weighted by Crippen LogP contribution is -2.60. The number of methoxy groups -OCH3 is 1. The molecule has 15 heteroatoms. The molecule has 3 aromatic heterocycles. The molecule has 5 atom stereocenters. The monoisotopic (exact) mass is 857 g/mol. The van der Waals surface area contributed by atoms with Crippen molar-refractivity contribution in [1.82, 2.24) is 35.2 Å². The van der Waals surface area contributed by atoms with Gasteiger partial charge < -0.3 is 29.0 Å². The molecule has 0 saturated carbocycles. The van der Waals surface area contributed by atoms with E-state index < -0.39 is 29.5 Å². The number of amides is 3. The molecule has 3 amide bonds. The fourth-order valence-electron chi connectivity index (χ4n) is 8.75. The van der Waals surface area contributed by atoms with Crippen molar-refractivity contribution >= 4 is 46.4 Å². The summed E-state index contributed by atoms with van der Waals surface area (Å²) >= 11 is 1.44. The predicted molar refractivity (Wildman–Crippen MR) is 236 cm³/mol. The first-order chi connectivity index (χ1) is 29.2. The molecule has 5 unspecified atom stereocenters. The van der Waals surface area contributed by atoms with Crippen molar-refractivity contribution in [3.63, 3.8) is 0 Å². The van der Waals surface area contributed by atoms with Gasteiger partial charge in [-0.1, -0.05) is 40.7 Å². The molecule has 6 rings (SSSR count). The Bertz CT molecular complexity index is 2180. The molecule has 330 valence electrons. The number of likely N-dealkylation sites (N-methyl/N-ethyl adjacent to an activating group) is 1. The lowest BCUT2D eigenvalue weighted by molar-refractivity contribution is -0.150. The molecule has 61 heavy (non-hydrogen) atoms. The average molecular weight is 858 g/mol. The molecule has 2 fully saturated rings. The van der Waals surface area contributed by atoms with Gasteiger partial charge in [0.1, 0.15) is 18.2 Å². The summed E-state index contributed by atoms with van der Waals surface area (Å²) in [6.07, 6.45) is 4.33. The molecule has 14 nitrogen and oxygen atoms in total. The quantitative estimate of drug-likeness (QED) is 0.108. The third kappa shape index (κ3) is 10.2. The maximum absolute atomic E-state index is 14.2. The summed E-state index contributed by atoms with van der Waals surface area (Å²) in [4.78, 5) is 64.6. The number of nitrogens with one attached hydrogen (secondary N) is 2. The Morgan fingerprint density at radius 1 is 1.18 bits per heavy atom. The van der Waals surface area contributed by atoms with Crippen molar-refractivity contribution in [3.05, 3.63) is 58.2 Å². The van der Waals surface area contributed by atoms with Crippen molar-refractivity contribution < 1.29 is 33.4 Å².